The van der Waals surface area contributed by atoms with Crippen LogP contribution in [0, 0.1) is 6.92 Å². The predicted octanol–water partition coefficient (Wildman–Crippen LogP) is 3.79. The van der Waals surface area contributed by atoms with E-state index in [0.717, 1.165) is 10.6 Å². The quantitative estimate of drug-likeness (QED) is 0.720. The number of benzene rings is 1. The Bertz CT molecular complexity index is 698. The second-order valence-corrected chi connectivity index (χ2v) is 5.16. The highest BCUT2D eigenvalue weighted by atomic mass is 32.1. The lowest BCUT2D eigenvalue weighted by Gasteiger charge is -2.01. The van der Waals surface area contributed by atoms with Crippen molar-refractivity contribution < 1.29 is 4.79 Å². The first kappa shape index (κ1) is 11.0. The Labute approximate surface area is 108 Å². The molecule has 0 radical (unpaired) electrons. The van der Waals surface area contributed by atoms with Crippen molar-refractivity contribution in [2.24, 2.45) is 0 Å². The van der Waals surface area contributed by atoms with Gasteiger partial charge < -0.3 is 10.3 Å². The second-order valence-electron chi connectivity index (χ2n) is 4.11. The van der Waals surface area contributed by atoms with Gasteiger partial charge in [-0.15, -0.1) is 11.3 Å². The molecule has 0 spiro atoms. The summed E-state index contributed by atoms with van der Waals surface area (Å²) in [5.41, 5.74) is 1.77. The summed E-state index contributed by atoms with van der Waals surface area (Å²) in [4.78, 5) is 14.9. The molecule has 2 heterocycles. The average molecular weight is 256 g/mol. The summed E-state index contributed by atoms with van der Waals surface area (Å²) < 4.78 is 1.19. The number of carbonyl (C=O) groups is 1. The summed E-state index contributed by atoms with van der Waals surface area (Å²) in [5.74, 6) is -0.0779. The summed E-state index contributed by atoms with van der Waals surface area (Å²) in [6, 6.07) is 9.93. The lowest BCUT2D eigenvalue weighted by molar-refractivity contribution is 0.102. The summed E-state index contributed by atoms with van der Waals surface area (Å²) in [7, 11) is 0. The van der Waals surface area contributed by atoms with Crippen molar-refractivity contribution in [2.45, 2.75) is 6.92 Å². The number of thiophene rings is 1. The number of anilines is 1. The van der Waals surface area contributed by atoms with Crippen LogP contribution in [0.3, 0.4) is 0 Å². The largest absolute Gasteiger partial charge is 0.367 e. The normalized spacial score (nSPS) is 10.7. The van der Waals surface area contributed by atoms with Gasteiger partial charge in [-0.2, -0.15) is 0 Å². The van der Waals surface area contributed by atoms with Gasteiger partial charge in [0.05, 0.1) is 10.6 Å². The zero-order chi connectivity index (χ0) is 12.5. The van der Waals surface area contributed by atoms with Crippen LogP contribution in [-0.2, 0) is 0 Å². The molecule has 1 amide bonds. The number of nitrogens with one attached hydrogen (secondary N) is 2. The average Bonchev–Trinajstić information content (AvgIpc) is 3.00. The van der Waals surface area contributed by atoms with Crippen LogP contribution in [0.4, 0.5) is 5.00 Å². The van der Waals surface area contributed by atoms with Gasteiger partial charge in [-0.05, 0) is 30.0 Å². The highest BCUT2D eigenvalue weighted by Gasteiger charge is 2.12. The Morgan fingerprint density at radius 3 is 2.83 bits per heavy atom. The number of aryl methyl sites for hydroxylation is 1. The van der Waals surface area contributed by atoms with Crippen LogP contribution in [0.2, 0.25) is 0 Å². The van der Waals surface area contributed by atoms with Crippen LogP contribution in [0.15, 0.2) is 42.7 Å². The molecule has 0 aliphatic rings. The van der Waals surface area contributed by atoms with Crippen LogP contribution in [0.5, 0.6) is 0 Å². The highest BCUT2D eigenvalue weighted by molar-refractivity contribution is 7.23. The first-order valence-corrected chi connectivity index (χ1v) is 6.49. The standard InChI is InChI=1S/C14H12N2OS/c1-9-11-4-2-3-5-12(11)18-14(9)16-13(17)10-6-7-15-8-10/h2-8,15H,1H3,(H,16,17). The third-order valence-corrected chi connectivity index (χ3v) is 4.12. The van der Waals surface area contributed by atoms with E-state index >= 15 is 0 Å². The van der Waals surface area contributed by atoms with Gasteiger partial charge in [-0.3, -0.25) is 4.79 Å². The van der Waals surface area contributed by atoms with Gasteiger partial charge in [-0.1, -0.05) is 18.2 Å². The van der Waals surface area contributed by atoms with Crippen molar-refractivity contribution in [2.75, 3.05) is 5.32 Å². The minimum absolute atomic E-state index is 0.0779. The molecular formula is C14H12N2OS. The summed E-state index contributed by atoms with van der Waals surface area (Å²) in [5, 5.41) is 5.08. The SMILES string of the molecule is Cc1c(NC(=O)c2cc[nH]c2)sc2ccccc12. The number of hydrogen-bond donors (Lipinski definition) is 2. The first-order chi connectivity index (χ1) is 8.75. The van der Waals surface area contributed by atoms with E-state index in [1.54, 1.807) is 29.8 Å². The number of amides is 1. The van der Waals surface area contributed by atoms with E-state index in [1.165, 1.54) is 10.1 Å². The van der Waals surface area contributed by atoms with Crippen molar-refractivity contribution in [3.05, 3.63) is 53.9 Å². The zero-order valence-corrected chi connectivity index (χ0v) is 10.7. The number of fused-ring (bicyclic) bond motifs is 1. The van der Waals surface area contributed by atoms with Crippen molar-refractivity contribution in [1.29, 1.82) is 0 Å². The Hall–Kier alpha value is -2.07. The van der Waals surface area contributed by atoms with E-state index < -0.39 is 0 Å². The smallest absolute Gasteiger partial charge is 0.257 e. The topological polar surface area (TPSA) is 44.9 Å². The Balaban J connectivity index is 1.96. The van der Waals surface area contributed by atoms with Crippen molar-refractivity contribution >= 4 is 32.3 Å². The van der Waals surface area contributed by atoms with Crippen LogP contribution in [-0.4, -0.2) is 10.9 Å². The van der Waals surface area contributed by atoms with Gasteiger partial charge in [0, 0.05) is 17.1 Å². The third kappa shape index (κ3) is 1.80. The number of aromatic nitrogens is 1. The molecule has 2 N–H and O–H groups in total. The Morgan fingerprint density at radius 1 is 1.28 bits per heavy atom. The Morgan fingerprint density at radius 2 is 2.11 bits per heavy atom. The van der Waals surface area contributed by atoms with E-state index in [4.69, 9.17) is 0 Å². The fourth-order valence-electron chi connectivity index (χ4n) is 1.93. The molecule has 1 aromatic carbocycles. The minimum Gasteiger partial charge on any atom is -0.367 e. The Kier molecular flexibility index (Phi) is 2.64. The molecule has 2 aromatic heterocycles. The van der Waals surface area contributed by atoms with Gasteiger partial charge >= 0.3 is 0 Å². The first-order valence-electron chi connectivity index (χ1n) is 5.68. The summed E-state index contributed by atoms with van der Waals surface area (Å²) in [6.07, 6.45) is 3.44. The fraction of sp³-hybridized carbons (Fsp3) is 0.0714. The van der Waals surface area contributed by atoms with E-state index in [2.05, 4.69) is 22.4 Å². The molecule has 4 heteroatoms. The monoisotopic (exact) mass is 256 g/mol. The van der Waals surface area contributed by atoms with Crippen LogP contribution in [0.25, 0.3) is 10.1 Å². The highest BCUT2D eigenvalue weighted by Crippen LogP contribution is 2.34. The number of aromatic amines is 1. The van der Waals surface area contributed by atoms with E-state index in [1.807, 2.05) is 19.1 Å². The molecule has 0 aliphatic carbocycles. The fourth-order valence-corrected chi connectivity index (χ4v) is 3.04. The number of H-pyrrole nitrogens is 1. The second kappa shape index (κ2) is 4.31. The molecule has 3 rings (SSSR count). The number of carbonyl (C=O) groups excluding carboxylic acids is 1. The lowest BCUT2D eigenvalue weighted by Crippen LogP contribution is -2.10. The van der Waals surface area contributed by atoms with Gasteiger partial charge in [0.1, 0.15) is 0 Å². The molecule has 18 heavy (non-hydrogen) atoms. The molecule has 0 bridgehead atoms. The van der Waals surface area contributed by atoms with Crippen molar-refractivity contribution in [3.63, 3.8) is 0 Å². The van der Waals surface area contributed by atoms with Crippen LogP contribution < -0.4 is 5.32 Å². The molecule has 0 aliphatic heterocycles. The van der Waals surface area contributed by atoms with Crippen molar-refractivity contribution in [3.8, 4) is 0 Å². The van der Waals surface area contributed by atoms with E-state index in [9.17, 15) is 4.79 Å². The van der Waals surface area contributed by atoms with E-state index in [0.29, 0.717) is 5.56 Å². The van der Waals surface area contributed by atoms with Gasteiger partial charge in [0.15, 0.2) is 0 Å². The zero-order valence-electron chi connectivity index (χ0n) is 9.86. The maximum atomic E-state index is 12.0. The number of hydrogen-bond acceptors (Lipinski definition) is 2. The molecule has 0 saturated carbocycles. The van der Waals surface area contributed by atoms with Crippen LogP contribution >= 0.6 is 11.3 Å². The predicted molar refractivity (Wildman–Crippen MR) is 75.3 cm³/mol. The molecule has 3 nitrogen and oxygen atoms in total. The number of rotatable bonds is 2. The molecule has 0 unspecified atom stereocenters. The molecule has 0 atom stereocenters. The van der Waals surface area contributed by atoms with E-state index in [-0.39, 0.29) is 5.91 Å². The minimum atomic E-state index is -0.0779. The maximum absolute atomic E-state index is 12.0. The molecular weight excluding hydrogens is 244 g/mol. The molecule has 3 aromatic rings. The lowest BCUT2D eigenvalue weighted by atomic mass is 10.2. The van der Waals surface area contributed by atoms with Gasteiger partial charge in [-0.25, -0.2) is 0 Å². The summed E-state index contributed by atoms with van der Waals surface area (Å²) >= 11 is 1.61. The molecule has 0 fully saturated rings. The maximum Gasteiger partial charge on any atom is 0.257 e. The van der Waals surface area contributed by atoms with Gasteiger partial charge in [0.2, 0.25) is 0 Å². The third-order valence-electron chi connectivity index (χ3n) is 2.93. The summed E-state index contributed by atoms with van der Waals surface area (Å²) in [6.45, 7) is 2.03. The molecule has 90 valence electrons. The molecule has 0 saturated heterocycles. The van der Waals surface area contributed by atoms with Crippen molar-refractivity contribution in [1.82, 2.24) is 4.98 Å². The van der Waals surface area contributed by atoms with Gasteiger partial charge in [0.25, 0.3) is 5.91 Å². The van der Waals surface area contributed by atoms with Crippen LogP contribution in [0.1, 0.15) is 15.9 Å².